The highest BCUT2D eigenvalue weighted by Crippen LogP contribution is 1.86. The van der Waals surface area contributed by atoms with Gasteiger partial charge in [-0.05, 0) is 18.9 Å². The minimum atomic E-state index is 0.806. The highest BCUT2D eigenvalue weighted by atomic mass is 13.7. The van der Waals surface area contributed by atoms with E-state index in [0.717, 1.165) is 12.8 Å². The topological polar surface area (TPSA) is 0 Å². The van der Waals surface area contributed by atoms with Gasteiger partial charge in [0.05, 0.1) is 0 Å². The van der Waals surface area contributed by atoms with Gasteiger partial charge in [-0.25, -0.2) is 0 Å². The number of rotatable bonds is 6. The predicted octanol–water partition coefficient (Wildman–Crippen LogP) is 3.61. The standard InChI is InChI=1S/C12H15/c1-3-5-7-9-11-12-10-8-6-4-2/h3-4,7,9-12H,1-2,5-6H2. The molecule has 0 rings (SSSR count). The molecule has 0 aromatic rings. The summed E-state index contributed by atoms with van der Waals surface area (Å²) in [7, 11) is 0. The Morgan fingerprint density at radius 2 is 1.83 bits per heavy atom. The zero-order valence-electron chi connectivity index (χ0n) is 7.37. The Bertz CT molecular complexity index is 170. The quantitative estimate of drug-likeness (QED) is 0.410. The molecule has 0 unspecified atom stereocenters. The molecule has 0 fully saturated rings. The average Bonchev–Trinajstić information content (AvgIpc) is 2.10. The molecular weight excluding hydrogens is 144 g/mol. The SMILES string of the molecule is C=CC[C]=CC=CC=CCC=C. The first-order valence-electron chi connectivity index (χ1n) is 4.02. The molecule has 0 N–H and O–H groups in total. The van der Waals surface area contributed by atoms with Crippen molar-refractivity contribution in [3.05, 3.63) is 61.8 Å². The molecule has 0 heterocycles. The van der Waals surface area contributed by atoms with Gasteiger partial charge in [-0.2, -0.15) is 0 Å². The van der Waals surface area contributed by atoms with Gasteiger partial charge < -0.3 is 0 Å². The third-order valence-corrected chi connectivity index (χ3v) is 1.14. The molecule has 0 nitrogen and oxygen atoms in total. The molecule has 0 saturated heterocycles. The first kappa shape index (κ1) is 10.7. The molecule has 0 aliphatic heterocycles. The maximum absolute atomic E-state index is 3.61. The molecule has 0 aliphatic carbocycles. The largest absolute Gasteiger partial charge is 0.103 e. The van der Waals surface area contributed by atoms with E-state index in [9.17, 15) is 0 Å². The first-order valence-corrected chi connectivity index (χ1v) is 4.02. The lowest BCUT2D eigenvalue weighted by Crippen LogP contribution is -1.56. The summed E-state index contributed by atoms with van der Waals surface area (Å²) in [5, 5.41) is 0. The summed E-state index contributed by atoms with van der Waals surface area (Å²) < 4.78 is 0. The van der Waals surface area contributed by atoms with Crippen LogP contribution >= 0.6 is 0 Å². The maximum Gasteiger partial charge on any atom is -0.00973 e. The van der Waals surface area contributed by atoms with Crippen molar-refractivity contribution in [3.63, 3.8) is 0 Å². The van der Waals surface area contributed by atoms with Crippen LogP contribution in [0.5, 0.6) is 0 Å². The van der Waals surface area contributed by atoms with Crippen LogP contribution in [0.15, 0.2) is 55.7 Å². The molecule has 0 heteroatoms. The molecule has 1 radical (unpaired) electrons. The predicted molar refractivity (Wildman–Crippen MR) is 55.7 cm³/mol. The molecule has 0 atom stereocenters. The van der Waals surface area contributed by atoms with Crippen molar-refractivity contribution in [1.82, 2.24) is 0 Å². The van der Waals surface area contributed by atoms with Crippen LogP contribution in [-0.4, -0.2) is 0 Å². The zero-order chi connectivity index (χ0) is 9.07. The second kappa shape index (κ2) is 9.70. The zero-order valence-corrected chi connectivity index (χ0v) is 7.37. The van der Waals surface area contributed by atoms with E-state index in [4.69, 9.17) is 0 Å². The van der Waals surface area contributed by atoms with Gasteiger partial charge in [-0.3, -0.25) is 0 Å². The lowest BCUT2D eigenvalue weighted by Gasteiger charge is -1.76. The van der Waals surface area contributed by atoms with Gasteiger partial charge in [0, 0.05) is 0 Å². The van der Waals surface area contributed by atoms with E-state index in [-0.39, 0.29) is 0 Å². The van der Waals surface area contributed by atoms with Crippen molar-refractivity contribution in [3.8, 4) is 0 Å². The number of allylic oxidation sites excluding steroid dienone is 8. The molecule has 0 amide bonds. The third-order valence-electron chi connectivity index (χ3n) is 1.14. The normalized spacial score (nSPS) is 11.7. The third kappa shape index (κ3) is 8.70. The van der Waals surface area contributed by atoms with E-state index in [1.165, 1.54) is 0 Å². The van der Waals surface area contributed by atoms with Crippen molar-refractivity contribution in [2.45, 2.75) is 12.8 Å². The lowest BCUT2D eigenvalue weighted by molar-refractivity contribution is 1.35. The Labute approximate surface area is 75.3 Å². The van der Waals surface area contributed by atoms with E-state index in [1.807, 2.05) is 42.5 Å². The van der Waals surface area contributed by atoms with Crippen LogP contribution in [0.25, 0.3) is 0 Å². The van der Waals surface area contributed by atoms with Gasteiger partial charge in [0.15, 0.2) is 0 Å². The van der Waals surface area contributed by atoms with Crippen molar-refractivity contribution in [2.75, 3.05) is 0 Å². The van der Waals surface area contributed by atoms with E-state index in [1.54, 1.807) is 0 Å². The minimum absolute atomic E-state index is 0.806. The van der Waals surface area contributed by atoms with Gasteiger partial charge in [-0.15, -0.1) is 13.2 Å². The van der Waals surface area contributed by atoms with Crippen molar-refractivity contribution in [1.29, 1.82) is 0 Å². The summed E-state index contributed by atoms with van der Waals surface area (Å²) in [4.78, 5) is 0. The summed E-state index contributed by atoms with van der Waals surface area (Å²) in [6.45, 7) is 7.20. The molecule has 12 heavy (non-hydrogen) atoms. The summed E-state index contributed by atoms with van der Waals surface area (Å²) >= 11 is 0. The summed E-state index contributed by atoms with van der Waals surface area (Å²) in [5.41, 5.74) is 0. The summed E-state index contributed by atoms with van der Waals surface area (Å²) in [6, 6.07) is 0. The molecular formula is C12H15. The fourth-order valence-corrected chi connectivity index (χ4v) is 0.592. The Balaban J connectivity index is 3.47. The fraction of sp³-hybridized carbons (Fsp3) is 0.167. The summed E-state index contributed by atoms with van der Waals surface area (Å²) in [5.74, 6) is 0. The highest BCUT2D eigenvalue weighted by molar-refractivity contribution is 5.10. The fourth-order valence-electron chi connectivity index (χ4n) is 0.592. The van der Waals surface area contributed by atoms with Crippen LogP contribution in [0.3, 0.4) is 0 Å². The first-order chi connectivity index (χ1) is 5.91. The second-order valence-corrected chi connectivity index (χ2v) is 2.20. The number of hydrogen-bond donors (Lipinski definition) is 0. The van der Waals surface area contributed by atoms with Crippen LogP contribution in [-0.2, 0) is 0 Å². The van der Waals surface area contributed by atoms with Gasteiger partial charge >= 0.3 is 0 Å². The van der Waals surface area contributed by atoms with E-state index >= 15 is 0 Å². The van der Waals surface area contributed by atoms with Crippen molar-refractivity contribution in [2.24, 2.45) is 0 Å². The van der Waals surface area contributed by atoms with Gasteiger partial charge in [-0.1, -0.05) is 42.5 Å². The van der Waals surface area contributed by atoms with Crippen molar-refractivity contribution >= 4 is 0 Å². The Hall–Kier alpha value is -1.30. The smallest absolute Gasteiger partial charge is 0.00973 e. The van der Waals surface area contributed by atoms with Crippen LogP contribution in [0.2, 0.25) is 0 Å². The molecule has 0 bridgehead atoms. The van der Waals surface area contributed by atoms with Crippen LogP contribution in [0.4, 0.5) is 0 Å². The Kier molecular flexibility index (Phi) is 8.65. The van der Waals surface area contributed by atoms with Crippen LogP contribution < -0.4 is 0 Å². The molecule has 0 aliphatic rings. The average molecular weight is 159 g/mol. The van der Waals surface area contributed by atoms with Crippen LogP contribution in [0, 0.1) is 6.08 Å². The summed E-state index contributed by atoms with van der Waals surface area (Å²) in [6.07, 6.45) is 18.3. The molecule has 0 saturated carbocycles. The van der Waals surface area contributed by atoms with E-state index in [0.29, 0.717) is 0 Å². The highest BCUT2D eigenvalue weighted by Gasteiger charge is 1.66. The lowest BCUT2D eigenvalue weighted by atomic mass is 10.3. The monoisotopic (exact) mass is 159 g/mol. The molecule has 0 aromatic heterocycles. The minimum Gasteiger partial charge on any atom is -0.103 e. The van der Waals surface area contributed by atoms with Gasteiger partial charge in [0.25, 0.3) is 0 Å². The molecule has 63 valence electrons. The van der Waals surface area contributed by atoms with Gasteiger partial charge in [0.1, 0.15) is 0 Å². The number of hydrogen-bond acceptors (Lipinski definition) is 0. The maximum atomic E-state index is 3.61. The molecule has 0 aromatic carbocycles. The van der Waals surface area contributed by atoms with Crippen molar-refractivity contribution < 1.29 is 0 Å². The molecule has 0 spiro atoms. The Morgan fingerprint density at radius 3 is 2.50 bits per heavy atom. The van der Waals surface area contributed by atoms with Crippen LogP contribution in [0.1, 0.15) is 12.8 Å². The Morgan fingerprint density at radius 1 is 1.00 bits per heavy atom. The van der Waals surface area contributed by atoms with E-state index in [2.05, 4.69) is 19.2 Å². The second-order valence-electron chi connectivity index (χ2n) is 2.20. The van der Waals surface area contributed by atoms with Gasteiger partial charge in [0.2, 0.25) is 0 Å². The van der Waals surface area contributed by atoms with E-state index < -0.39 is 0 Å².